The van der Waals surface area contributed by atoms with E-state index in [4.69, 9.17) is 115 Å². The van der Waals surface area contributed by atoms with Gasteiger partial charge in [-0.25, -0.2) is 27.5 Å². The molecule has 2 N–H and O–H groups in total. The smallest absolute Gasteiger partial charge is 0.410 e. The summed E-state index contributed by atoms with van der Waals surface area (Å²) in [5, 5.41) is 7.61. The molecule has 6 aromatic carbocycles. The maximum atomic E-state index is 13.2. The normalized spacial score (nSPS) is 21.0. The van der Waals surface area contributed by atoms with Crippen LogP contribution >= 0.6 is 23.2 Å². The average Bonchev–Trinajstić information content (AvgIpc) is 0.936. The van der Waals surface area contributed by atoms with Crippen molar-refractivity contribution in [2.75, 3.05) is 148 Å². The van der Waals surface area contributed by atoms with E-state index in [0.717, 1.165) is 139 Å². The zero-order valence-electron chi connectivity index (χ0n) is 80.0. The Morgan fingerprint density at radius 3 is 1.38 bits per heavy atom. The Kier molecular flexibility index (Phi) is 31.3. The Morgan fingerprint density at radius 2 is 0.927 bits per heavy atom. The van der Waals surface area contributed by atoms with Crippen LogP contribution in [0.3, 0.4) is 0 Å². The third-order valence-corrected chi connectivity index (χ3v) is 26.9. The second-order valence-electron chi connectivity index (χ2n) is 38.7. The van der Waals surface area contributed by atoms with Crippen LogP contribution in [0.25, 0.3) is 42.0 Å². The molecule has 0 spiro atoms. The van der Waals surface area contributed by atoms with Gasteiger partial charge in [-0.15, -0.1) is 0 Å². The summed E-state index contributed by atoms with van der Waals surface area (Å²) >= 11 is 13.4. The van der Waals surface area contributed by atoms with E-state index >= 15 is 0 Å². The highest BCUT2D eigenvalue weighted by molar-refractivity contribution is 6.36. The first-order valence-corrected chi connectivity index (χ1v) is 48.1. The lowest BCUT2D eigenvalue weighted by atomic mass is 9.94. The molecule has 8 aliphatic heterocycles. The lowest BCUT2D eigenvalue weighted by Crippen LogP contribution is -2.57. The second kappa shape index (κ2) is 43.7. The highest BCUT2D eigenvalue weighted by atomic mass is 35.5. The summed E-state index contributed by atoms with van der Waals surface area (Å²) < 4.78 is 55.3. The van der Waals surface area contributed by atoms with Crippen LogP contribution in [0.1, 0.15) is 155 Å². The average molecular weight is 1910 g/mol. The van der Waals surface area contributed by atoms with Crippen molar-refractivity contribution in [2.24, 2.45) is 5.73 Å². The summed E-state index contributed by atoms with van der Waals surface area (Å²) in [7, 11) is 8.23. The number of amides is 4. The van der Waals surface area contributed by atoms with E-state index < -0.39 is 41.4 Å². The summed E-state index contributed by atoms with van der Waals surface area (Å²) in [4.78, 5) is 111. The number of carbonyl (C=O) groups excluding carboxylic acids is 4. The number of ether oxygens (including phenoxy) is 9. The lowest BCUT2D eigenvalue weighted by Gasteiger charge is -2.42. The molecular weight excluding hydrogens is 1780 g/mol. The predicted octanol–water partition coefficient (Wildman–Crippen LogP) is 15.7. The van der Waals surface area contributed by atoms with Gasteiger partial charge in [0.2, 0.25) is 19.0 Å². The van der Waals surface area contributed by atoms with Gasteiger partial charge in [-0.05, 0) is 160 Å². The fourth-order valence-corrected chi connectivity index (χ4v) is 20.1. The SMILES string of the molecule is CN1CCC[C@H]1COc1nc2c(c(N3CCN(C(=O)OC(C)(C)C)[C@@H](CC(N)=O)C3)n1)CO[C@H](c1cccc3cccc(Cl)c13)C2.[C-]#[N+]C[C@H]1CN(c2nc(OC(C)CN(C)C)nc3c2CO[C@H](c2cccc4cccc(Cl)c24)C3)CCN1C(=O)OC(C)(C)C.[C-]#[N+]C[C@H]1CN(c2nc(OC[C@@H]3CCCN3C)nc3c2COC(c2cncc4ccccc24)C3)CCN1C(=O)OCc1ccccc1. The minimum atomic E-state index is -0.668. The largest absolute Gasteiger partial charge is 0.462 e. The molecule has 18 rings (SSSR count). The molecule has 0 aliphatic carbocycles. The Bertz CT molecular complexity index is 6060. The molecule has 9 atom stereocenters. The van der Waals surface area contributed by atoms with Gasteiger partial charge in [-0.2, -0.15) is 29.9 Å². The molecule has 2 unspecified atom stereocenters. The lowest BCUT2D eigenvalue weighted by molar-refractivity contribution is -0.119. The van der Waals surface area contributed by atoms with Gasteiger partial charge in [0.25, 0.3) is 0 Å². The number of benzene rings is 6. The van der Waals surface area contributed by atoms with Crippen LogP contribution in [-0.4, -0.2) is 269 Å². The molecule has 0 saturated carbocycles. The van der Waals surface area contributed by atoms with Crippen molar-refractivity contribution in [1.82, 2.24) is 64.3 Å². The third-order valence-electron chi connectivity index (χ3n) is 26.3. The topological polar surface area (TPSA) is 305 Å². The van der Waals surface area contributed by atoms with Gasteiger partial charge >= 0.3 is 36.3 Å². The van der Waals surface area contributed by atoms with Gasteiger partial charge in [-0.3, -0.25) is 19.6 Å². The van der Waals surface area contributed by atoms with Gasteiger partial charge in [-0.1, -0.05) is 138 Å². The van der Waals surface area contributed by atoms with E-state index in [1.54, 1.807) is 14.7 Å². The first kappa shape index (κ1) is 98.0. The summed E-state index contributed by atoms with van der Waals surface area (Å²) in [6.45, 7) is 37.3. The number of hydrogen-bond donors (Lipinski definition) is 1. The Morgan fingerprint density at radius 1 is 0.504 bits per heavy atom. The number of piperazine rings is 3. The van der Waals surface area contributed by atoms with Gasteiger partial charge in [0.15, 0.2) is 0 Å². The van der Waals surface area contributed by atoms with Gasteiger partial charge < -0.3 is 92.4 Å². The fraction of sp³-hybridized carbons (Fsp3) is 0.485. The Labute approximate surface area is 810 Å². The van der Waals surface area contributed by atoms with E-state index in [1.165, 1.54) is 0 Å². The van der Waals surface area contributed by atoms with Crippen LogP contribution < -0.4 is 34.6 Å². The zero-order chi connectivity index (χ0) is 96.3. The molecule has 137 heavy (non-hydrogen) atoms. The number of anilines is 3. The van der Waals surface area contributed by atoms with Crippen molar-refractivity contribution >= 4 is 97.2 Å². The third kappa shape index (κ3) is 23.8. The van der Waals surface area contributed by atoms with E-state index in [-0.39, 0.29) is 69.2 Å². The number of hydrogen-bond acceptors (Lipinski definition) is 26. The number of halogens is 2. The van der Waals surface area contributed by atoms with E-state index in [1.807, 2.05) is 166 Å². The van der Waals surface area contributed by atoms with Gasteiger partial charge in [0.1, 0.15) is 66.7 Å². The number of pyridine rings is 1. The molecule has 5 fully saturated rings. The molecule has 722 valence electrons. The monoisotopic (exact) mass is 1900 g/mol. The number of carbonyl (C=O) groups is 4. The molecule has 4 aromatic heterocycles. The highest BCUT2D eigenvalue weighted by Gasteiger charge is 2.43. The summed E-state index contributed by atoms with van der Waals surface area (Å²) in [5.74, 6) is 1.66. The van der Waals surface area contributed by atoms with Crippen LogP contribution in [0.4, 0.5) is 31.8 Å². The maximum Gasteiger partial charge on any atom is 0.410 e. The summed E-state index contributed by atoms with van der Waals surface area (Å²) in [6, 6.07) is 42.3. The molecule has 0 bridgehead atoms. The number of fused-ring (bicyclic) bond motifs is 6. The van der Waals surface area contributed by atoms with Crippen molar-refractivity contribution in [3.63, 3.8) is 0 Å². The van der Waals surface area contributed by atoms with Gasteiger partial charge in [0.05, 0.1) is 61.3 Å². The standard InChI is InChI=1S/C36H39N7O4.C34H43ClN6O5.C33H41ClN6O4/c1-37-19-28-21-42(15-16-43(28)36(44)47-22-25-9-4-3-5-10-25)34-31-24-45-33(30-20-38-18-26-11-6-7-13-29(26)30)17-32(31)39-35(40-34)46-23-27-12-8-14-41(27)2;1-34(2,3)46-33(43)41-15-14-40(18-23(41)16-29(36)42)31-25-20-44-28(24-11-5-8-21-9-6-12-26(35)30(21)24)17-27(25)37-32(38-31)45-19-22-10-7-13-39(22)4;1-21(18-38(6)7)43-31-36-27-16-28(24-12-8-10-22-11-9-13-26(34)29(22)24)42-20-25(27)30(37-31)39-14-15-40(23(19-39)17-35-5)32(41)44-33(2,3)4/h3-7,9-11,13,18,20,27-28,33H,8,12,14-17,19,21-24H2,2H3;5-6,8-9,11-12,22-23,28H,7,10,13-20H2,1-4H3,(H2,36,42);8-13,21,23,28H,14-20H2,1-4,6-7H3/t27-,28-,33?;22-,23-,28-;21?,23-,28-/m000/s1. The van der Waals surface area contributed by atoms with Crippen LogP contribution in [0.15, 0.2) is 140 Å². The van der Waals surface area contributed by atoms with Crippen molar-refractivity contribution in [3.8, 4) is 18.0 Å². The Balaban J connectivity index is 0.000000149. The molecule has 8 aliphatic rings. The molecule has 10 aromatic rings. The Hall–Kier alpha value is -12.1. The molecule has 0 radical (unpaired) electrons. The zero-order valence-corrected chi connectivity index (χ0v) is 81.5. The number of nitrogens with zero attached hydrogens (tertiary/aromatic N) is 18. The van der Waals surface area contributed by atoms with Crippen LogP contribution in [0.5, 0.6) is 18.0 Å². The minimum Gasteiger partial charge on any atom is -0.462 e. The molecule has 34 heteroatoms. The predicted molar refractivity (Wildman–Crippen MR) is 524 cm³/mol. The number of aromatic nitrogens is 7. The first-order valence-electron chi connectivity index (χ1n) is 47.3. The molecule has 4 amide bonds. The number of rotatable bonds is 22. The molecule has 32 nitrogen and oxygen atoms in total. The quantitative estimate of drug-likeness (QED) is 0.0487. The fourth-order valence-electron chi connectivity index (χ4n) is 19.5. The number of likely N-dealkylation sites (N-methyl/N-ethyl adjacent to an activating group) is 3. The summed E-state index contributed by atoms with van der Waals surface area (Å²) in [6.07, 6.45) is 7.63. The van der Waals surface area contributed by atoms with E-state index in [0.29, 0.717) is 157 Å². The van der Waals surface area contributed by atoms with Crippen molar-refractivity contribution in [1.29, 1.82) is 0 Å². The number of primary amides is 1. The van der Waals surface area contributed by atoms with Crippen LogP contribution in [-0.2, 0) is 78.9 Å². The summed E-state index contributed by atoms with van der Waals surface area (Å²) in [5.41, 5.74) is 13.6. The van der Waals surface area contributed by atoms with Crippen LogP contribution in [0, 0.1) is 13.1 Å². The van der Waals surface area contributed by atoms with E-state index in [9.17, 15) is 19.2 Å². The maximum absolute atomic E-state index is 13.2. The van der Waals surface area contributed by atoms with Crippen LogP contribution in [0.2, 0.25) is 10.0 Å². The van der Waals surface area contributed by atoms with Crippen molar-refractivity contribution in [2.45, 2.75) is 192 Å². The van der Waals surface area contributed by atoms with Crippen molar-refractivity contribution in [3.05, 3.63) is 229 Å². The highest BCUT2D eigenvalue weighted by Crippen LogP contribution is 2.45. The molecule has 12 heterocycles. The number of nitrogens with two attached hydrogens (primary N) is 1. The molecule has 5 saturated heterocycles. The molecular formula is C103H123Cl2N19O13. The number of likely N-dealkylation sites (tertiary alicyclic amines) is 2. The van der Waals surface area contributed by atoms with Crippen molar-refractivity contribution < 1.29 is 61.8 Å². The second-order valence-corrected chi connectivity index (χ2v) is 39.5. The minimum absolute atomic E-state index is 0.000797. The first-order chi connectivity index (χ1) is 66.0. The van der Waals surface area contributed by atoms with E-state index in [2.05, 4.69) is 94.6 Å². The van der Waals surface area contributed by atoms with Gasteiger partial charge in [0, 0.05) is 164 Å².